The molecule has 0 aliphatic carbocycles. The monoisotopic (exact) mass is 468 g/mol. The van der Waals surface area contributed by atoms with Crippen LogP contribution in [-0.4, -0.2) is 40.7 Å². The molecule has 1 N–H and O–H groups in total. The predicted molar refractivity (Wildman–Crippen MR) is 124 cm³/mol. The SMILES string of the molecule is CCN(c1nc(Cl)nc2nc[nH]c12)[C@@H](C)c1nn2ccc(Cl)c2c(=O)n1-c1ccccc1. The second-order valence-electron chi connectivity index (χ2n) is 7.17. The fraction of sp³-hybridized carbons (Fsp3) is 0.190. The van der Waals surface area contributed by atoms with E-state index in [-0.39, 0.29) is 16.9 Å². The third-order valence-electron chi connectivity index (χ3n) is 5.37. The van der Waals surface area contributed by atoms with E-state index in [4.69, 9.17) is 28.3 Å². The number of rotatable bonds is 5. The minimum absolute atomic E-state index is 0.0892. The number of para-hydroxylation sites is 1. The fourth-order valence-corrected chi connectivity index (χ4v) is 4.27. The van der Waals surface area contributed by atoms with Crippen LogP contribution in [0.15, 0.2) is 53.7 Å². The Morgan fingerprint density at radius 3 is 2.69 bits per heavy atom. The van der Waals surface area contributed by atoms with E-state index in [0.717, 1.165) is 0 Å². The minimum Gasteiger partial charge on any atom is -0.345 e. The summed E-state index contributed by atoms with van der Waals surface area (Å²) in [4.78, 5) is 31.4. The number of aromatic nitrogens is 7. The molecule has 1 aromatic carbocycles. The van der Waals surface area contributed by atoms with E-state index in [1.54, 1.807) is 23.2 Å². The summed E-state index contributed by atoms with van der Waals surface area (Å²) in [5.41, 5.74) is 1.87. The van der Waals surface area contributed by atoms with Gasteiger partial charge in [-0.05, 0) is 43.6 Å². The molecule has 0 aliphatic heterocycles. The Morgan fingerprint density at radius 1 is 1.16 bits per heavy atom. The van der Waals surface area contributed by atoms with Gasteiger partial charge in [-0.2, -0.15) is 15.1 Å². The van der Waals surface area contributed by atoms with Gasteiger partial charge in [0.1, 0.15) is 11.0 Å². The van der Waals surface area contributed by atoms with E-state index in [9.17, 15) is 4.79 Å². The molecule has 4 aromatic heterocycles. The van der Waals surface area contributed by atoms with Crippen LogP contribution < -0.4 is 10.5 Å². The van der Waals surface area contributed by atoms with Crippen LogP contribution in [0.1, 0.15) is 25.7 Å². The number of aromatic amines is 1. The lowest BCUT2D eigenvalue weighted by Crippen LogP contribution is -2.35. The average molecular weight is 469 g/mol. The van der Waals surface area contributed by atoms with E-state index in [1.165, 1.54) is 4.52 Å². The van der Waals surface area contributed by atoms with Gasteiger partial charge in [0.15, 0.2) is 17.3 Å². The highest BCUT2D eigenvalue weighted by Crippen LogP contribution is 2.30. The first kappa shape index (κ1) is 20.5. The molecule has 0 aliphatic rings. The van der Waals surface area contributed by atoms with Gasteiger partial charge >= 0.3 is 0 Å². The van der Waals surface area contributed by atoms with Crippen LogP contribution in [0.4, 0.5) is 5.82 Å². The highest BCUT2D eigenvalue weighted by Gasteiger charge is 2.27. The summed E-state index contributed by atoms with van der Waals surface area (Å²) in [5, 5.41) is 5.21. The molecule has 162 valence electrons. The molecule has 32 heavy (non-hydrogen) atoms. The molecule has 0 saturated heterocycles. The number of imidazole rings is 1. The Hall–Kier alpha value is -3.43. The quantitative estimate of drug-likeness (QED) is 0.390. The van der Waals surface area contributed by atoms with Crippen molar-refractivity contribution in [1.82, 2.24) is 34.1 Å². The molecule has 0 fully saturated rings. The zero-order valence-corrected chi connectivity index (χ0v) is 18.7. The minimum atomic E-state index is -0.365. The molecule has 0 radical (unpaired) electrons. The Bertz CT molecular complexity index is 1490. The van der Waals surface area contributed by atoms with Crippen LogP contribution in [0.3, 0.4) is 0 Å². The second-order valence-corrected chi connectivity index (χ2v) is 7.92. The highest BCUT2D eigenvalue weighted by molar-refractivity contribution is 6.33. The van der Waals surface area contributed by atoms with Gasteiger partial charge < -0.3 is 9.88 Å². The second kappa shape index (κ2) is 7.92. The standard InChI is InChI=1S/C21H18Cl2N8O/c1-3-29(19-15-17(25-11-24-15)26-21(23)27-19)12(2)18-28-30-10-9-14(22)16(30)20(32)31(18)13-7-5-4-6-8-13/h4-12H,3H2,1-2H3,(H,24,25,26,27)/t12-/m0/s1. The van der Waals surface area contributed by atoms with E-state index in [0.29, 0.717) is 45.6 Å². The molecule has 0 saturated carbocycles. The molecule has 0 spiro atoms. The normalized spacial score (nSPS) is 12.5. The third-order valence-corrected chi connectivity index (χ3v) is 5.84. The number of anilines is 1. The third kappa shape index (κ3) is 3.21. The smallest absolute Gasteiger partial charge is 0.284 e. The first-order valence-electron chi connectivity index (χ1n) is 9.98. The molecule has 11 heteroatoms. The lowest BCUT2D eigenvalue weighted by atomic mass is 10.2. The van der Waals surface area contributed by atoms with Crippen LogP contribution in [-0.2, 0) is 0 Å². The molecule has 0 unspecified atom stereocenters. The maximum absolute atomic E-state index is 13.5. The van der Waals surface area contributed by atoms with Crippen molar-refractivity contribution in [3.8, 4) is 5.69 Å². The van der Waals surface area contributed by atoms with Gasteiger partial charge in [-0.1, -0.05) is 29.8 Å². The summed E-state index contributed by atoms with van der Waals surface area (Å²) >= 11 is 12.5. The van der Waals surface area contributed by atoms with E-state index in [1.807, 2.05) is 49.1 Å². The van der Waals surface area contributed by atoms with Crippen molar-refractivity contribution in [2.75, 3.05) is 11.4 Å². The van der Waals surface area contributed by atoms with Crippen LogP contribution in [0.5, 0.6) is 0 Å². The predicted octanol–water partition coefficient (Wildman–Crippen LogP) is 4.05. The van der Waals surface area contributed by atoms with E-state index >= 15 is 0 Å². The molecular weight excluding hydrogens is 451 g/mol. The molecular formula is C21H18Cl2N8O. The van der Waals surface area contributed by atoms with Crippen molar-refractivity contribution in [2.45, 2.75) is 19.9 Å². The summed E-state index contributed by atoms with van der Waals surface area (Å²) in [7, 11) is 0. The summed E-state index contributed by atoms with van der Waals surface area (Å²) in [6.07, 6.45) is 3.22. The van der Waals surface area contributed by atoms with Gasteiger partial charge in [-0.3, -0.25) is 9.36 Å². The van der Waals surface area contributed by atoms with Crippen molar-refractivity contribution in [3.63, 3.8) is 0 Å². The van der Waals surface area contributed by atoms with Crippen LogP contribution in [0.2, 0.25) is 10.3 Å². The zero-order chi connectivity index (χ0) is 22.4. The topological polar surface area (TPSA) is 97.0 Å². The molecule has 0 amide bonds. The number of fused-ring (bicyclic) bond motifs is 2. The fourth-order valence-electron chi connectivity index (χ4n) is 3.89. The van der Waals surface area contributed by atoms with Crippen molar-refractivity contribution >= 4 is 45.7 Å². The summed E-state index contributed by atoms with van der Waals surface area (Å²) < 4.78 is 3.10. The van der Waals surface area contributed by atoms with Crippen molar-refractivity contribution in [3.05, 3.63) is 75.4 Å². The van der Waals surface area contributed by atoms with Gasteiger partial charge in [0.2, 0.25) is 5.28 Å². The summed E-state index contributed by atoms with van der Waals surface area (Å²) in [6, 6.07) is 10.6. The first-order valence-corrected chi connectivity index (χ1v) is 10.7. The number of H-pyrrole nitrogens is 1. The lowest BCUT2D eigenvalue weighted by molar-refractivity contribution is 0.592. The van der Waals surface area contributed by atoms with Gasteiger partial charge in [0.05, 0.1) is 23.1 Å². The van der Waals surface area contributed by atoms with Crippen LogP contribution >= 0.6 is 23.2 Å². The lowest BCUT2D eigenvalue weighted by Gasteiger charge is -2.30. The first-order chi connectivity index (χ1) is 15.5. The molecule has 4 heterocycles. The van der Waals surface area contributed by atoms with Gasteiger partial charge in [0, 0.05) is 12.7 Å². The molecule has 0 bridgehead atoms. The Kier molecular flexibility index (Phi) is 5.07. The molecule has 1 atom stereocenters. The van der Waals surface area contributed by atoms with E-state index in [2.05, 4.69) is 19.9 Å². The van der Waals surface area contributed by atoms with Crippen LogP contribution in [0.25, 0.3) is 22.4 Å². The van der Waals surface area contributed by atoms with Gasteiger partial charge in [0.25, 0.3) is 5.56 Å². The van der Waals surface area contributed by atoms with Gasteiger partial charge in [-0.15, -0.1) is 0 Å². The number of nitrogens with one attached hydrogen (secondary N) is 1. The van der Waals surface area contributed by atoms with E-state index < -0.39 is 0 Å². The number of halogens is 2. The van der Waals surface area contributed by atoms with Crippen molar-refractivity contribution in [1.29, 1.82) is 0 Å². The molecule has 5 rings (SSSR count). The number of nitrogens with zero attached hydrogens (tertiary/aromatic N) is 7. The number of hydrogen-bond acceptors (Lipinski definition) is 6. The highest BCUT2D eigenvalue weighted by atomic mass is 35.5. The molecule has 9 nitrogen and oxygen atoms in total. The van der Waals surface area contributed by atoms with Gasteiger partial charge in [-0.25, -0.2) is 9.50 Å². The maximum Gasteiger partial charge on any atom is 0.284 e. The Balaban J connectivity index is 1.76. The largest absolute Gasteiger partial charge is 0.345 e. The van der Waals surface area contributed by atoms with Crippen molar-refractivity contribution in [2.24, 2.45) is 0 Å². The summed E-state index contributed by atoms with van der Waals surface area (Å²) in [6.45, 7) is 4.52. The Morgan fingerprint density at radius 2 is 1.94 bits per heavy atom. The van der Waals surface area contributed by atoms with Crippen molar-refractivity contribution < 1.29 is 0 Å². The summed E-state index contributed by atoms with van der Waals surface area (Å²) in [5.74, 6) is 1.09. The number of hydrogen-bond donors (Lipinski definition) is 1. The molecule has 5 aromatic rings. The average Bonchev–Trinajstić information content (AvgIpc) is 3.41. The zero-order valence-electron chi connectivity index (χ0n) is 17.2. The Labute approximate surface area is 192 Å². The van der Waals surface area contributed by atoms with Crippen LogP contribution in [0, 0.1) is 0 Å². The maximum atomic E-state index is 13.5. The number of benzene rings is 1.